The van der Waals surface area contributed by atoms with E-state index in [0.717, 1.165) is 44.7 Å². The fourth-order valence-electron chi connectivity index (χ4n) is 10.9. The van der Waals surface area contributed by atoms with E-state index in [2.05, 4.69) is 214 Å². The van der Waals surface area contributed by atoms with E-state index in [1.165, 1.54) is 98.0 Å². The van der Waals surface area contributed by atoms with E-state index in [0.29, 0.717) is 6.04 Å². The van der Waals surface area contributed by atoms with Gasteiger partial charge in [0.1, 0.15) is 11.2 Å². The highest BCUT2D eigenvalue weighted by molar-refractivity contribution is 6.16. The van der Waals surface area contributed by atoms with Crippen LogP contribution in [-0.4, -0.2) is 9.13 Å². The predicted octanol–water partition coefficient (Wildman–Crippen LogP) is 17.1. The third-order valence-corrected chi connectivity index (χ3v) is 13.9. The van der Waals surface area contributed by atoms with Gasteiger partial charge in [-0.3, -0.25) is 0 Å². The normalized spacial score (nSPS) is 13.6. The molecule has 3 aromatic heterocycles. The van der Waals surface area contributed by atoms with E-state index >= 15 is 0 Å². The Balaban J connectivity index is 0.970. The number of hydrogen-bond acceptors (Lipinski definition) is 2. The van der Waals surface area contributed by atoms with Gasteiger partial charge in [0.15, 0.2) is 0 Å². The molecule has 0 unspecified atom stereocenters. The summed E-state index contributed by atoms with van der Waals surface area (Å²) in [6.07, 6.45) is 6.33. The second-order valence-electron chi connectivity index (χ2n) is 17.5. The Bertz CT molecular complexity index is 3710. The zero-order chi connectivity index (χ0) is 42.1. The maximum Gasteiger partial charge on any atom is 0.137 e. The number of nitrogens with zero attached hydrogens (tertiary/aromatic N) is 3. The van der Waals surface area contributed by atoms with Crippen molar-refractivity contribution in [2.45, 2.75) is 38.1 Å². The topological polar surface area (TPSA) is 26.2 Å². The van der Waals surface area contributed by atoms with Crippen molar-refractivity contribution in [3.8, 4) is 27.9 Å². The van der Waals surface area contributed by atoms with Gasteiger partial charge < -0.3 is 18.5 Å². The van der Waals surface area contributed by atoms with E-state index < -0.39 is 0 Å². The fraction of sp³-hybridized carbons (Fsp3) is 0.100. The molecule has 1 aliphatic carbocycles. The lowest BCUT2D eigenvalue weighted by Gasteiger charge is -2.27. The van der Waals surface area contributed by atoms with Crippen molar-refractivity contribution in [1.82, 2.24) is 9.13 Å². The number of aromatic nitrogens is 2. The molecule has 64 heavy (non-hydrogen) atoms. The Kier molecular flexibility index (Phi) is 8.58. The number of para-hydroxylation sites is 3. The van der Waals surface area contributed by atoms with E-state index in [-0.39, 0.29) is 0 Å². The van der Waals surface area contributed by atoms with Gasteiger partial charge >= 0.3 is 0 Å². The Morgan fingerprint density at radius 3 is 1.86 bits per heavy atom. The summed E-state index contributed by atoms with van der Waals surface area (Å²) in [6, 6.07) is 75.9. The van der Waals surface area contributed by atoms with Gasteiger partial charge in [0.05, 0.1) is 22.2 Å². The Hall–Kier alpha value is -7.82. The molecule has 12 aromatic rings. The summed E-state index contributed by atoms with van der Waals surface area (Å²) in [5.41, 5.74) is 16.0. The summed E-state index contributed by atoms with van der Waals surface area (Å²) in [5.74, 6) is 0. The van der Waals surface area contributed by atoms with Crippen LogP contribution in [0.1, 0.15) is 38.1 Å². The third kappa shape index (κ3) is 5.90. The summed E-state index contributed by atoms with van der Waals surface area (Å²) >= 11 is 0. The van der Waals surface area contributed by atoms with Gasteiger partial charge in [-0.25, -0.2) is 0 Å². The molecule has 0 radical (unpaired) electrons. The van der Waals surface area contributed by atoms with Gasteiger partial charge in [0, 0.05) is 67.0 Å². The van der Waals surface area contributed by atoms with Gasteiger partial charge in [-0.2, -0.15) is 0 Å². The predicted molar refractivity (Wildman–Crippen MR) is 269 cm³/mol. The number of hydrogen-bond donors (Lipinski definition) is 0. The van der Waals surface area contributed by atoms with Crippen LogP contribution in [0, 0.1) is 0 Å². The van der Waals surface area contributed by atoms with Gasteiger partial charge in [-0.1, -0.05) is 147 Å². The molecule has 4 heteroatoms. The van der Waals surface area contributed by atoms with E-state index in [1.54, 1.807) is 0 Å². The molecular formula is C60H45N3O. The number of furan rings is 1. The first kappa shape index (κ1) is 36.8. The highest BCUT2D eigenvalue weighted by Gasteiger charge is 2.25. The Morgan fingerprint density at radius 2 is 1.00 bits per heavy atom. The standard InChI is InChI=1S/C60H45N3O/c1-3-15-40(16-4-1)42-17-13-20-46(37-42)63-53-24-10-7-21-48(53)49-35-31-43(38-57(49)63)41-29-32-45(33-30-41)61(47-34-36-51-50-22-9-12-28-58(50)64-59(51)39-47)55-26-14-27-56-60(55)52-23-8-11-25-54(52)62(56)44-18-5-2-6-19-44/h1,3-4,7-17,20-39,44H,2,5-6,18-19H2. The molecule has 1 aliphatic rings. The van der Waals surface area contributed by atoms with Crippen LogP contribution in [0.15, 0.2) is 211 Å². The van der Waals surface area contributed by atoms with Crippen molar-refractivity contribution >= 4 is 82.6 Å². The SMILES string of the molecule is c1ccc(-c2cccc(-n3c4ccccc4c4ccc(-c5ccc(N(c6ccc7c(c6)oc6ccccc67)c6cccc7c6c6ccccc6n7C6CCCCC6)cc5)cc43)c2)cc1. The maximum atomic E-state index is 6.53. The fourth-order valence-corrected chi connectivity index (χ4v) is 10.9. The average Bonchev–Trinajstić information content (AvgIpc) is 4.02. The highest BCUT2D eigenvalue weighted by atomic mass is 16.3. The van der Waals surface area contributed by atoms with Gasteiger partial charge in [0.25, 0.3) is 0 Å². The van der Waals surface area contributed by atoms with Crippen LogP contribution < -0.4 is 4.90 Å². The molecule has 13 rings (SSSR count). The van der Waals surface area contributed by atoms with Crippen LogP contribution in [0.25, 0.3) is 93.5 Å². The molecule has 0 aliphatic heterocycles. The minimum Gasteiger partial charge on any atom is -0.456 e. The number of anilines is 3. The largest absolute Gasteiger partial charge is 0.456 e. The molecular weight excluding hydrogens is 779 g/mol. The molecule has 0 N–H and O–H groups in total. The zero-order valence-corrected chi connectivity index (χ0v) is 35.5. The molecule has 306 valence electrons. The van der Waals surface area contributed by atoms with Crippen molar-refractivity contribution in [3.05, 3.63) is 206 Å². The van der Waals surface area contributed by atoms with Crippen molar-refractivity contribution in [2.75, 3.05) is 4.90 Å². The minimum absolute atomic E-state index is 0.495. The van der Waals surface area contributed by atoms with Crippen molar-refractivity contribution in [3.63, 3.8) is 0 Å². The molecule has 0 saturated heterocycles. The second kappa shape index (κ2) is 14.9. The lowest BCUT2D eigenvalue weighted by Crippen LogP contribution is -2.13. The smallest absolute Gasteiger partial charge is 0.137 e. The number of benzene rings is 9. The molecule has 3 heterocycles. The molecule has 4 nitrogen and oxygen atoms in total. The highest BCUT2D eigenvalue weighted by Crippen LogP contribution is 2.47. The lowest BCUT2D eigenvalue weighted by atomic mass is 9.95. The van der Waals surface area contributed by atoms with Crippen molar-refractivity contribution in [1.29, 1.82) is 0 Å². The van der Waals surface area contributed by atoms with Crippen molar-refractivity contribution in [2.24, 2.45) is 0 Å². The molecule has 0 spiro atoms. The Morgan fingerprint density at radius 1 is 0.391 bits per heavy atom. The van der Waals surface area contributed by atoms with E-state index in [1.807, 2.05) is 6.07 Å². The second-order valence-corrected chi connectivity index (χ2v) is 17.5. The van der Waals surface area contributed by atoms with Crippen LogP contribution >= 0.6 is 0 Å². The first-order valence-electron chi connectivity index (χ1n) is 22.8. The Labute approximate surface area is 371 Å². The van der Waals surface area contributed by atoms with E-state index in [9.17, 15) is 0 Å². The van der Waals surface area contributed by atoms with Crippen LogP contribution in [0.4, 0.5) is 17.1 Å². The van der Waals surface area contributed by atoms with E-state index in [4.69, 9.17) is 4.42 Å². The number of rotatable bonds is 7. The summed E-state index contributed by atoms with van der Waals surface area (Å²) in [6.45, 7) is 0. The molecule has 0 amide bonds. The van der Waals surface area contributed by atoms with Crippen LogP contribution in [0.2, 0.25) is 0 Å². The summed E-state index contributed by atoms with van der Waals surface area (Å²) in [7, 11) is 0. The van der Waals surface area contributed by atoms with Crippen molar-refractivity contribution < 1.29 is 4.42 Å². The third-order valence-electron chi connectivity index (χ3n) is 13.9. The van der Waals surface area contributed by atoms with Crippen LogP contribution in [0.5, 0.6) is 0 Å². The van der Waals surface area contributed by atoms with Gasteiger partial charge in [-0.15, -0.1) is 0 Å². The molecule has 0 bridgehead atoms. The molecule has 1 saturated carbocycles. The van der Waals surface area contributed by atoms with Gasteiger partial charge in [-0.05, 0) is 108 Å². The first-order chi connectivity index (χ1) is 31.7. The quantitative estimate of drug-likeness (QED) is 0.160. The summed E-state index contributed by atoms with van der Waals surface area (Å²) < 4.78 is 11.6. The monoisotopic (exact) mass is 823 g/mol. The molecule has 1 fully saturated rings. The number of fused-ring (bicyclic) bond motifs is 9. The summed E-state index contributed by atoms with van der Waals surface area (Å²) in [4.78, 5) is 2.44. The molecule has 9 aromatic carbocycles. The van der Waals surface area contributed by atoms with Gasteiger partial charge in [0.2, 0.25) is 0 Å². The lowest BCUT2D eigenvalue weighted by molar-refractivity contribution is 0.367. The van der Waals surface area contributed by atoms with Crippen LogP contribution in [-0.2, 0) is 0 Å². The zero-order valence-electron chi connectivity index (χ0n) is 35.5. The maximum absolute atomic E-state index is 6.53. The summed E-state index contributed by atoms with van der Waals surface area (Å²) in [5, 5.41) is 7.34. The van der Waals surface area contributed by atoms with Crippen LogP contribution in [0.3, 0.4) is 0 Å². The minimum atomic E-state index is 0.495. The average molecular weight is 824 g/mol. The first-order valence-corrected chi connectivity index (χ1v) is 22.8. The molecule has 0 atom stereocenters.